The maximum Gasteiger partial charge on any atom is 0.214 e. The van der Waals surface area contributed by atoms with E-state index in [9.17, 15) is 0 Å². The zero-order valence-corrected chi connectivity index (χ0v) is 11.9. The van der Waals surface area contributed by atoms with Crippen LogP contribution in [0.5, 0.6) is 5.88 Å². The minimum absolute atomic E-state index is 0.228. The van der Waals surface area contributed by atoms with Crippen molar-refractivity contribution in [1.82, 2.24) is 15.6 Å². The van der Waals surface area contributed by atoms with Gasteiger partial charge in [-0.3, -0.25) is 4.99 Å². The Morgan fingerprint density at radius 2 is 2.21 bits per heavy atom. The highest BCUT2D eigenvalue weighted by Gasteiger charge is 2.12. The second-order valence-electron chi connectivity index (χ2n) is 5.55. The van der Waals surface area contributed by atoms with Crippen molar-refractivity contribution >= 4 is 5.96 Å². The van der Waals surface area contributed by atoms with Crippen LogP contribution in [-0.2, 0) is 6.54 Å². The highest BCUT2D eigenvalue weighted by atomic mass is 16.5. The van der Waals surface area contributed by atoms with E-state index >= 15 is 0 Å². The molecule has 19 heavy (non-hydrogen) atoms. The third-order valence-electron chi connectivity index (χ3n) is 2.53. The maximum absolute atomic E-state index is 5.75. The summed E-state index contributed by atoms with van der Waals surface area (Å²) in [6, 6.07) is 5.82. The zero-order chi connectivity index (χ0) is 13.7. The molecular weight excluding hydrogens is 240 g/mol. The van der Waals surface area contributed by atoms with Crippen LogP contribution in [-0.4, -0.2) is 29.6 Å². The van der Waals surface area contributed by atoms with Crippen molar-refractivity contribution in [3.8, 4) is 5.88 Å². The van der Waals surface area contributed by atoms with E-state index in [0.29, 0.717) is 12.4 Å². The Morgan fingerprint density at radius 1 is 1.37 bits per heavy atom. The number of nitrogens with zero attached hydrogens (tertiary/aromatic N) is 2. The van der Waals surface area contributed by atoms with E-state index in [2.05, 4.69) is 20.6 Å². The number of hydrogen-bond donors (Lipinski definition) is 2. The predicted molar refractivity (Wildman–Crippen MR) is 76.4 cm³/mol. The van der Waals surface area contributed by atoms with Crippen molar-refractivity contribution in [1.29, 1.82) is 0 Å². The minimum atomic E-state index is -0.228. The third kappa shape index (κ3) is 4.77. The van der Waals surface area contributed by atoms with Gasteiger partial charge in [0.1, 0.15) is 5.60 Å². The van der Waals surface area contributed by atoms with Gasteiger partial charge in [-0.15, -0.1) is 0 Å². The van der Waals surface area contributed by atoms with Gasteiger partial charge in [0.05, 0.1) is 12.2 Å². The van der Waals surface area contributed by atoms with Crippen LogP contribution >= 0.6 is 0 Å². The van der Waals surface area contributed by atoms with Crippen molar-refractivity contribution in [3.05, 3.63) is 23.9 Å². The quantitative estimate of drug-likeness (QED) is 0.870. The summed E-state index contributed by atoms with van der Waals surface area (Å²) < 4.78 is 5.75. The SMILES string of the molecule is CC(C)(C)Oc1cccc(CNC2=NCCCN2)n1. The number of guanidine groups is 1. The fourth-order valence-corrected chi connectivity index (χ4v) is 1.75. The first-order valence-electron chi connectivity index (χ1n) is 6.70. The third-order valence-corrected chi connectivity index (χ3v) is 2.53. The molecule has 1 aromatic rings. The molecule has 5 heteroatoms. The predicted octanol–water partition coefficient (Wildman–Crippen LogP) is 1.70. The molecule has 0 radical (unpaired) electrons. The summed E-state index contributed by atoms with van der Waals surface area (Å²) in [5.74, 6) is 1.51. The van der Waals surface area contributed by atoms with Gasteiger partial charge >= 0.3 is 0 Å². The molecule has 104 valence electrons. The molecule has 2 rings (SSSR count). The smallest absolute Gasteiger partial charge is 0.214 e. The monoisotopic (exact) mass is 262 g/mol. The van der Waals surface area contributed by atoms with Crippen molar-refractivity contribution in [2.24, 2.45) is 4.99 Å². The van der Waals surface area contributed by atoms with Gasteiger partial charge in [-0.1, -0.05) is 6.07 Å². The molecular formula is C14H22N4O. The first kappa shape index (κ1) is 13.6. The van der Waals surface area contributed by atoms with E-state index in [1.807, 2.05) is 39.0 Å². The van der Waals surface area contributed by atoms with Crippen LogP contribution in [0.15, 0.2) is 23.2 Å². The summed E-state index contributed by atoms with van der Waals surface area (Å²) in [5, 5.41) is 6.47. The Hall–Kier alpha value is -1.78. The molecule has 1 aliphatic rings. The number of pyridine rings is 1. The summed E-state index contributed by atoms with van der Waals surface area (Å²) >= 11 is 0. The normalized spacial score (nSPS) is 15.4. The highest BCUT2D eigenvalue weighted by molar-refractivity contribution is 5.80. The molecule has 0 bridgehead atoms. The van der Waals surface area contributed by atoms with Gasteiger partial charge in [-0.25, -0.2) is 4.98 Å². The van der Waals surface area contributed by atoms with Gasteiger partial charge in [0.2, 0.25) is 5.88 Å². The molecule has 0 aliphatic carbocycles. The average molecular weight is 262 g/mol. The Bertz CT molecular complexity index is 451. The van der Waals surface area contributed by atoms with E-state index in [1.165, 1.54) is 0 Å². The van der Waals surface area contributed by atoms with Crippen LogP contribution < -0.4 is 15.4 Å². The number of aromatic nitrogens is 1. The first-order chi connectivity index (χ1) is 9.03. The summed E-state index contributed by atoms with van der Waals surface area (Å²) in [4.78, 5) is 8.84. The highest BCUT2D eigenvalue weighted by Crippen LogP contribution is 2.15. The lowest BCUT2D eigenvalue weighted by atomic mass is 10.2. The summed E-state index contributed by atoms with van der Waals surface area (Å²) in [5.41, 5.74) is 0.713. The number of ether oxygens (including phenoxy) is 1. The van der Waals surface area contributed by atoms with Crippen LogP contribution in [0.4, 0.5) is 0 Å². The van der Waals surface area contributed by atoms with Crippen LogP contribution in [0.25, 0.3) is 0 Å². The van der Waals surface area contributed by atoms with E-state index in [4.69, 9.17) is 4.74 Å². The molecule has 0 unspecified atom stereocenters. The van der Waals surface area contributed by atoms with Gasteiger partial charge in [0.15, 0.2) is 5.96 Å². The molecule has 2 heterocycles. The molecule has 5 nitrogen and oxygen atoms in total. The summed E-state index contributed by atoms with van der Waals surface area (Å²) in [7, 11) is 0. The fraction of sp³-hybridized carbons (Fsp3) is 0.571. The second kappa shape index (κ2) is 5.91. The van der Waals surface area contributed by atoms with Gasteiger partial charge in [-0.05, 0) is 33.3 Å². The first-order valence-corrected chi connectivity index (χ1v) is 6.70. The number of aliphatic imine (C=N–C) groups is 1. The van der Waals surface area contributed by atoms with Crippen molar-refractivity contribution in [2.45, 2.75) is 39.3 Å². The van der Waals surface area contributed by atoms with Gasteiger partial charge in [-0.2, -0.15) is 0 Å². The second-order valence-corrected chi connectivity index (χ2v) is 5.55. The summed E-state index contributed by atoms with van der Waals surface area (Å²) in [6.07, 6.45) is 1.10. The van der Waals surface area contributed by atoms with Gasteiger partial charge < -0.3 is 15.4 Å². The maximum atomic E-state index is 5.75. The molecule has 0 saturated heterocycles. The van der Waals surface area contributed by atoms with Crippen LogP contribution in [0, 0.1) is 0 Å². The lowest BCUT2D eigenvalue weighted by Crippen LogP contribution is -2.40. The van der Waals surface area contributed by atoms with Crippen LogP contribution in [0.2, 0.25) is 0 Å². The molecule has 0 spiro atoms. The Balaban J connectivity index is 1.93. The molecule has 1 aliphatic heterocycles. The molecule has 0 aromatic carbocycles. The van der Waals surface area contributed by atoms with Gasteiger partial charge in [0.25, 0.3) is 0 Å². The summed E-state index contributed by atoms with van der Waals surface area (Å²) in [6.45, 7) is 8.55. The van der Waals surface area contributed by atoms with E-state index in [1.54, 1.807) is 0 Å². The topological polar surface area (TPSA) is 58.5 Å². The molecule has 1 aromatic heterocycles. The standard InChI is InChI=1S/C14H22N4O/c1-14(2,3)19-12-7-4-6-11(18-12)10-17-13-15-8-5-9-16-13/h4,6-7H,5,8-10H2,1-3H3,(H2,15,16,17). The largest absolute Gasteiger partial charge is 0.472 e. The Morgan fingerprint density at radius 3 is 2.89 bits per heavy atom. The number of rotatable bonds is 3. The lowest BCUT2D eigenvalue weighted by molar-refractivity contribution is 0.124. The van der Waals surface area contributed by atoms with Gasteiger partial charge in [0, 0.05) is 19.2 Å². The Kier molecular flexibility index (Phi) is 4.24. The molecule has 0 amide bonds. The van der Waals surface area contributed by atoms with Crippen molar-refractivity contribution < 1.29 is 4.74 Å². The number of nitrogens with one attached hydrogen (secondary N) is 2. The van der Waals surface area contributed by atoms with E-state index in [0.717, 1.165) is 31.2 Å². The van der Waals surface area contributed by atoms with Crippen molar-refractivity contribution in [2.75, 3.05) is 13.1 Å². The lowest BCUT2D eigenvalue weighted by Gasteiger charge is -2.20. The number of hydrogen-bond acceptors (Lipinski definition) is 5. The average Bonchev–Trinajstić information content (AvgIpc) is 2.36. The minimum Gasteiger partial charge on any atom is -0.472 e. The fourth-order valence-electron chi connectivity index (χ4n) is 1.75. The molecule has 0 atom stereocenters. The van der Waals surface area contributed by atoms with Crippen LogP contribution in [0.1, 0.15) is 32.9 Å². The van der Waals surface area contributed by atoms with Crippen molar-refractivity contribution in [3.63, 3.8) is 0 Å². The Labute approximate surface area is 114 Å². The molecule has 0 fully saturated rings. The van der Waals surface area contributed by atoms with E-state index in [-0.39, 0.29) is 5.60 Å². The molecule has 2 N–H and O–H groups in total. The molecule has 0 saturated carbocycles. The van der Waals surface area contributed by atoms with Crippen LogP contribution in [0.3, 0.4) is 0 Å². The zero-order valence-electron chi connectivity index (χ0n) is 11.9. The van der Waals surface area contributed by atoms with E-state index < -0.39 is 0 Å².